The van der Waals surface area contributed by atoms with E-state index in [2.05, 4.69) is 10.0 Å². The Labute approximate surface area is 131 Å². The molecule has 6 heteroatoms. The SMILES string of the molecule is O=S(=O)(NC1CC1)c1ccc(CNCC2CCC=CO2)cc1. The number of hydrogen-bond acceptors (Lipinski definition) is 4. The van der Waals surface area contributed by atoms with E-state index in [4.69, 9.17) is 4.74 Å². The molecule has 1 fully saturated rings. The van der Waals surface area contributed by atoms with Gasteiger partial charge in [0.2, 0.25) is 10.0 Å². The molecule has 120 valence electrons. The molecule has 2 N–H and O–H groups in total. The molecule has 1 aliphatic heterocycles. The van der Waals surface area contributed by atoms with Crippen LogP contribution in [-0.4, -0.2) is 27.1 Å². The monoisotopic (exact) mass is 322 g/mol. The van der Waals surface area contributed by atoms with Crippen LogP contribution in [0.4, 0.5) is 0 Å². The lowest BCUT2D eigenvalue weighted by Crippen LogP contribution is -2.28. The number of benzene rings is 1. The Morgan fingerprint density at radius 2 is 1.91 bits per heavy atom. The second-order valence-corrected chi connectivity index (χ2v) is 7.59. The first-order chi connectivity index (χ1) is 10.6. The van der Waals surface area contributed by atoms with Crippen molar-refractivity contribution in [3.63, 3.8) is 0 Å². The lowest BCUT2D eigenvalue weighted by atomic mass is 10.1. The third-order valence-corrected chi connectivity index (χ3v) is 5.39. The van der Waals surface area contributed by atoms with Gasteiger partial charge in [-0.1, -0.05) is 12.1 Å². The van der Waals surface area contributed by atoms with Gasteiger partial charge < -0.3 is 10.1 Å². The molecule has 1 atom stereocenters. The third kappa shape index (κ3) is 4.32. The molecule has 0 radical (unpaired) electrons. The van der Waals surface area contributed by atoms with Gasteiger partial charge in [0.15, 0.2) is 0 Å². The van der Waals surface area contributed by atoms with Crippen molar-refractivity contribution in [1.29, 1.82) is 0 Å². The van der Waals surface area contributed by atoms with Gasteiger partial charge in [-0.2, -0.15) is 0 Å². The average Bonchev–Trinajstić information content (AvgIpc) is 3.32. The summed E-state index contributed by atoms with van der Waals surface area (Å²) in [5.74, 6) is 0. The Bertz CT molecular complexity index is 621. The zero-order valence-electron chi connectivity index (χ0n) is 12.5. The van der Waals surface area contributed by atoms with Crippen LogP contribution in [0.25, 0.3) is 0 Å². The first-order valence-electron chi connectivity index (χ1n) is 7.76. The standard InChI is InChI=1S/C16H22N2O3S/c19-22(20,18-14-6-7-14)16-8-4-13(5-9-16)11-17-12-15-3-1-2-10-21-15/h2,4-5,8-10,14-15,17-18H,1,3,6-7,11-12H2. The van der Waals surface area contributed by atoms with Gasteiger partial charge in [0.05, 0.1) is 11.2 Å². The molecule has 2 aliphatic rings. The zero-order valence-corrected chi connectivity index (χ0v) is 13.3. The van der Waals surface area contributed by atoms with Crippen molar-refractivity contribution in [3.8, 4) is 0 Å². The van der Waals surface area contributed by atoms with Crippen LogP contribution in [0.2, 0.25) is 0 Å². The second-order valence-electron chi connectivity index (χ2n) is 5.88. The van der Waals surface area contributed by atoms with Crippen LogP contribution in [0.15, 0.2) is 41.5 Å². The van der Waals surface area contributed by atoms with Gasteiger partial charge in [-0.3, -0.25) is 0 Å². The van der Waals surface area contributed by atoms with Gasteiger partial charge in [0, 0.05) is 19.1 Å². The van der Waals surface area contributed by atoms with Gasteiger partial charge >= 0.3 is 0 Å². The van der Waals surface area contributed by atoms with Gasteiger partial charge in [-0.25, -0.2) is 13.1 Å². The van der Waals surface area contributed by atoms with E-state index in [9.17, 15) is 8.42 Å². The predicted octanol–water partition coefficient (Wildman–Crippen LogP) is 1.91. The Balaban J connectivity index is 1.49. The highest BCUT2D eigenvalue weighted by Gasteiger charge is 2.27. The molecule has 0 spiro atoms. The topological polar surface area (TPSA) is 67.4 Å². The molecular weight excluding hydrogens is 300 g/mol. The number of hydrogen-bond donors (Lipinski definition) is 2. The summed E-state index contributed by atoms with van der Waals surface area (Å²) in [6, 6.07) is 7.19. The molecule has 22 heavy (non-hydrogen) atoms. The normalized spacial score (nSPS) is 21.5. The Morgan fingerprint density at radius 1 is 1.14 bits per heavy atom. The van der Waals surface area contributed by atoms with E-state index >= 15 is 0 Å². The Morgan fingerprint density at radius 3 is 2.55 bits per heavy atom. The van der Waals surface area contributed by atoms with Crippen LogP contribution in [-0.2, 0) is 21.3 Å². The van der Waals surface area contributed by atoms with Crippen LogP contribution in [0.5, 0.6) is 0 Å². The van der Waals surface area contributed by atoms with Gasteiger partial charge in [0.25, 0.3) is 0 Å². The van der Waals surface area contributed by atoms with Crippen molar-refractivity contribution >= 4 is 10.0 Å². The molecule has 1 saturated carbocycles. The second kappa shape index (κ2) is 6.81. The zero-order chi connectivity index (χ0) is 15.4. The smallest absolute Gasteiger partial charge is 0.240 e. The lowest BCUT2D eigenvalue weighted by Gasteiger charge is -2.19. The maximum absolute atomic E-state index is 12.1. The predicted molar refractivity (Wildman–Crippen MR) is 84.7 cm³/mol. The Kier molecular flexibility index (Phi) is 4.81. The van der Waals surface area contributed by atoms with Crippen molar-refractivity contribution in [1.82, 2.24) is 10.0 Å². The van der Waals surface area contributed by atoms with Crippen LogP contribution < -0.4 is 10.0 Å². The van der Waals surface area contributed by atoms with Crippen molar-refractivity contribution in [2.24, 2.45) is 0 Å². The summed E-state index contributed by atoms with van der Waals surface area (Å²) in [6.07, 6.45) is 8.01. The van der Waals surface area contributed by atoms with Crippen LogP contribution in [0.1, 0.15) is 31.2 Å². The summed E-state index contributed by atoms with van der Waals surface area (Å²) in [5, 5.41) is 3.35. The quantitative estimate of drug-likeness (QED) is 0.805. The maximum atomic E-state index is 12.1. The summed E-state index contributed by atoms with van der Waals surface area (Å²) in [6.45, 7) is 1.51. The first kappa shape index (κ1) is 15.5. The fraction of sp³-hybridized carbons (Fsp3) is 0.500. The highest BCUT2D eigenvalue weighted by Crippen LogP contribution is 2.22. The third-order valence-electron chi connectivity index (χ3n) is 3.86. The van der Waals surface area contributed by atoms with Crippen molar-refractivity contribution in [2.75, 3.05) is 6.54 Å². The molecule has 1 heterocycles. The van der Waals surface area contributed by atoms with Crippen LogP contribution in [0, 0.1) is 0 Å². The molecule has 0 aromatic heterocycles. The summed E-state index contributed by atoms with van der Waals surface area (Å²) >= 11 is 0. The first-order valence-corrected chi connectivity index (χ1v) is 9.24. The van der Waals surface area contributed by atoms with E-state index in [1.807, 2.05) is 18.2 Å². The van der Waals surface area contributed by atoms with E-state index in [-0.39, 0.29) is 12.1 Å². The molecule has 3 rings (SSSR count). The van der Waals surface area contributed by atoms with Crippen LogP contribution >= 0.6 is 0 Å². The molecule has 5 nitrogen and oxygen atoms in total. The van der Waals surface area contributed by atoms with E-state index in [0.717, 1.165) is 37.8 Å². The average molecular weight is 322 g/mol. The minimum atomic E-state index is -3.35. The summed E-state index contributed by atoms with van der Waals surface area (Å²) in [4.78, 5) is 0.337. The minimum absolute atomic E-state index is 0.135. The summed E-state index contributed by atoms with van der Waals surface area (Å²) in [7, 11) is -3.35. The minimum Gasteiger partial charge on any atom is -0.497 e. The van der Waals surface area contributed by atoms with E-state index in [0.29, 0.717) is 11.4 Å². The molecule has 1 unspecified atom stereocenters. The van der Waals surface area contributed by atoms with Crippen LogP contribution in [0.3, 0.4) is 0 Å². The molecule has 0 saturated heterocycles. The fourth-order valence-electron chi connectivity index (χ4n) is 2.39. The largest absolute Gasteiger partial charge is 0.497 e. The molecule has 1 aromatic rings. The summed E-state index contributed by atoms with van der Waals surface area (Å²) in [5.41, 5.74) is 1.07. The number of ether oxygens (including phenoxy) is 1. The van der Waals surface area contributed by atoms with E-state index in [1.54, 1.807) is 18.4 Å². The molecular formula is C16H22N2O3S. The number of nitrogens with one attached hydrogen (secondary N) is 2. The van der Waals surface area contributed by atoms with Gasteiger partial charge in [-0.15, -0.1) is 0 Å². The van der Waals surface area contributed by atoms with E-state index in [1.165, 1.54) is 0 Å². The molecule has 0 amide bonds. The Hall–Kier alpha value is -1.37. The highest BCUT2D eigenvalue weighted by atomic mass is 32.2. The number of sulfonamides is 1. The maximum Gasteiger partial charge on any atom is 0.240 e. The fourth-order valence-corrected chi connectivity index (χ4v) is 3.69. The summed E-state index contributed by atoms with van der Waals surface area (Å²) < 4.78 is 32.3. The lowest BCUT2D eigenvalue weighted by molar-refractivity contribution is 0.122. The molecule has 0 bridgehead atoms. The van der Waals surface area contributed by atoms with Crippen molar-refractivity contribution < 1.29 is 13.2 Å². The highest BCUT2D eigenvalue weighted by molar-refractivity contribution is 7.89. The van der Waals surface area contributed by atoms with Gasteiger partial charge in [-0.05, 0) is 49.5 Å². The van der Waals surface area contributed by atoms with Gasteiger partial charge in [0.1, 0.15) is 6.10 Å². The van der Waals surface area contributed by atoms with Crippen molar-refractivity contribution in [2.45, 2.75) is 49.3 Å². The molecule has 1 aliphatic carbocycles. The number of rotatable bonds is 7. The van der Waals surface area contributed by atoms with Crippen molar-refractivity contribution in [3.05, 3.63) is 42.2 Å². The number of allylic oxidation sites excluding steroid dienone is 1. The van der Waals surface area contributed by atoms with E-state index < -0.39 is 10.0 Å². The molecule has 1 aromatic carbocycles.